The maximum Gasteiger partial charge on any atom is 0.269 e. The molecule has 0 amide bonds. The van der Waals surface area contributed by atoms with E-state index >= 15 is 0 Å². The average Bonchev–Trinajstić information content (AvgIpc) is 3.18. The largest absolute Gasteiger partial charge is 0.311 e. The van der Waals surface area contributed by atoms with Crippen molar-refractivity contribution in [1.82, 2.24) is 10.3 Å². The zero-order valence-electron chi connectivity index (χ0n) is 12.5. The van der Waals surface area contributed by atoms with E-state index in [1.807, 2.05) is 12.4 Å². The molecule has 3 heterocycles. The van der Waals surface area contributed by atoms with Crippen LogP contribution in [0, 0.1) is 10.1 Å². The first-order chi connectivity index (χ1) is 10.7. The molecule has 0 saturated carbocycles. The van der Waals surface area contributed by atoms with Gasteiger partial charge in [-0.1, -0.05) is 0 Å². The predicted molar refractivity (Wildman–Crippen MR) is 90.9 cm³/mol. The summed E-state index contributed by atoms with van der Waals surface area (Å²) in [5, 5.41) is 14.4. The molecule has 0 aliphatic carbocycles. The summed E-state index contributed by atoms with van der Waals surface area (Å²) in [6.07, 6.45) is 7.51. The standard InChI is InChI=1S/C17H17N3O2.ClH/c21-20(22)15-4-1-11(2-5-15)12-7-13(10-18-9-12)16-8-14-3-6-17(16)19-14;/h1-2,4-5,7,9-10,14,16-17,19H,3,6,8H2;1H. The molecule has 0 spiro atoms. The van der Waals surface area contributed by atoms with Crippen molar-refractivity contribution >= 4 is 18.1 Å². The first-order valence-electron chi connectivity index (χ1n) is 7.66. The van der Waals surface area contributed by atoms with Crippen molar-refractivity contribution in [3.63, 3.8) is 0 Å². The van der Waals surface area contributed by atoms with E-state index in [1.165, 1.54) is 24.8 Å². The van der Waals surface area contributed by atoms with Crippen LogP contribution in [0.2, 0.25) is 0 Å². The van der Waals surface area contributed by atoms with Gasteiger partial charge >= 0.3 is 0 Å². The normalized spacial score (nSPS) is 25.1. The number of rotatable bonds is 3. The van der Waals surface area contributed by atoms with Gasteiger partial charge in [-0.3, -0.25) is 15.1 Å². The lowest BCUT2D eigenvalue weighted by Crippen LogP contribution is -2.21. The Morgan fingerprint density at radius 3 is 2.52 bits per heavy atom. The third-order valence-corrected chi connectivity index (χ3v) is 4.90. The second kappa shape index (κ2) is 6.26. The van der Waals surface area contributed by atoms with Gasteiger partial charge in [-0.15, -0.1) is 12.4 Å². The lowest BCUT2D eigenvalue weighted by Gasteiger charge is -2.20. The molecule has 0 radical (unpaired) electrons. The minimum Gasteiger partial charge on any atom is -0.311 e. The molecule has 1 aromatic heterocycles. The molecule has 2 bridgehead atoms. The second-order valence-corrected chi connectivity index (χ2v) is 6.20. The van der Waals surface area contributed by atoms with Crippen LogP contribution in [0.1, 0.15) is 30.7 Å². The third kappa shape index (κ3) is 2.94. The molecule has 6 heteroatoms. The van der Waals surface area contributed by atoms with Gasteiger partial charge in [-0.25, -0.2) is 0 Å². The van der Waals surface area contributed by atoms with Crippen LogP contribution < -0.4 is 5.32 Å². The number of halogens is 1. The highest BCUT2D eigenvalue weighted by Crippen LogP contribution is 2.40. The zero-order chi connectivity index (χ0) is 15.1. The number of nitro groups is 1. The van der Waals surface area contributed by atoms with Crippen LogP contribution in [0.25, 0.3) is 11.1 Å². The Bertz CT molecular complexity index is 720. The Hall–Kier alpha value is -1.98. The fourth-order valence-corrected chi connectivity index (χ4v) is 3.79. The quantitative estimate of drug-likeness (QED) is 0.688. The molecule has 2 fully saturated rings. The molecule has 3 unspecified atom stereocenters. The van der Waals surface area contributed by atoms with E-state index in [0.717, 1.165) is 11.1 Å². The monoisotopic (exact) mass is 331 g/mol. The smallest absolute Gasteiger partial charge is 0.269 e. The lowest BCUT2D eigenvalue weighted by atomic mass is 9.84. The number of hydrogen-bond acceptors (Lipinski definition) is 4. The van der Waals surface area contributed by atoms with Gasteiger partial charge in [-0.2, -0.15) is 0 Å². The molecule has 23 heavy (non-hydrogen) atoms. The fourth-order valence-electron chi connectivity index (χ4n) is 3.79. The van der Waals surface area contributed by atoms with Crippen molar-refractivity contribution in [2.45, 2.75) is 37.3 Å². The van der Waals surface area contributed by atoms with Crippen molar-refractivity contribution < 1.29 is 4.92 Å². The molecule has 1 aromatic carbocycles. The number of pyridine rings is 1. The highest BCUT2D eigenvalue weighted by Gasteiger charge is 2.39. The van der Waals surface area contributed by atoms with Gasteiger partial charge < -0.3 is 5.32 Å². The maximum atomic E-state index is 10.7. The van der Waals surface area contributed by atoms with Gasteiger partial charge in [0, 0.05) is 48.1 Å². The Morgan fingerprint density at radius 2 is 1.91 bits per heavy atom. The molecular formula is C17H18ClN3O2. The van der Waals surface area contributed by atoms with Crippen molar-refractivity contribution in [2.75, 3.05) is 0 Å². The molecule has 3 atom stereocenters. The second-order valence-electron chi connectivity index (χ2n) is 6.20. The zero-order valence-corrected chi connectivity index (χ0v) is 13.3. The van der Waals surface area contributed by atoms with Crippen LogP contribution >= 0.6 is 12.4 Å². The van der Waals surface area contributed by atoms with Gasteiger partial charge in [0.25, 0.3) is 5.69 Å². The molecule has 2 saturated heterocycles. The van der Waals surface area contributed by atoms with Crippen LogP contribution in [-0.2, 0) is 0 Å². The van der Waals surface area contributed by atoms with Crippen LogP contribution in [0.15, 0.2) is 42.7 Å². The van der Waals surface area contributed by atoms with Gasteiger partial charge in [0.2, 0.25) is 0 Å². The van der Waals surface area contributed by atoms with Gasteiger partial charge in [0.1, 0.15) is 0 Å². The van der Waals surface area contributed by atoms with Crippen LogP contribution in [0.3, 0.4) is 0 Å². The predicted octanol–water partition coefficient (Wildman–Crippen LogP) is 3.69. The Kier molecular flexibility index (Phi) is 4.33. The Balaban J connectivity index is 0.00000156. The molecule has 2 aromatic rings. The summed E-state index contributed by atoms with van der Waals surface area (Å²) in [6.45, 7) is 0. The first-order valence-corrected chi connectivity index (χ1v) is 7.66. The topological polar surface area (TPSA) is 68.1 Å². The number of nitro benzene ring substituents is 1. The minimum atomic E-state index is -0.376. The third-order valence-electron chi connectivity index (χ3n) is 4.90. The van der Waals surface area contributed by atoms with Crippen LogP contribution in [0.5, 0.6) is 0 Å². The molecule has 1 N–H and O–H groups in total. The van der Waals surface area contributed by atoms with Crippen LogP contribution in [0.4, 0.5) is 5.69 Å². The highest BCUT2D eigenvalue weighted by atomic mass is 35.5. The van der Waals surface area contributed by atoms with Gasteiger partial charge in [0.05, 0.1) is 4.92 Å². The minimum absolute atomic E-state index is 0. The van der Waals surface area contributed by atoms with Gasteiger partial charge in [-0.05, 0) is 48.6 Å². The van der Waals surface area contributed by atoms with E-state index in [0.29, 0.717) is 18.0 Å². The number of benzene rings is 1. The van der Waals surface area contributed by atoms with Crippen molar-refractivity contribution in [2.24, 2.45) is 0 Å². The Morgan fingerprint density at radius 1 is 1.13 bits per heavy atom. The van der Waals surface area contributed by atoms with Gasteiger partial charge in [0.15, 0.2) is 0 Å². The van der Waals surface area contributed by atoms with E-state index in [4.69, 9.17) is 0 Å². The number of fused-ring (bicyclic) bond motifs is 2. The number of non-ortho nitro benzene ring substituents is 1. The Labute approximate surface area is 140 Å². The maximum absolute atomic E-state index is 10.7. The first kappa shape index (κ1) is 15.9. The van der Waals surface area contributed by atoms with Crippen molar-refractivity contribution in [3.05, 3.63) is 58.4 Å². The lowest BCUT2D eigenvalue weighted by molar-refractivity contribution is -0.384. The summed E-state index contributed by atoms with van der Waals surface area (Å²) in [4.78, 5) is 14.7. The van der Waals surface area contributed by atoms with Crippen LogP contribution in [-0.4, -0.2) is 22.0 Å². The number of nitrogens with zero attached hydrogens (tertiary/aromatic N) is 2. The van der Waals surface area contributed by atoms with Crippen molar-refractivity contribution in [1.29, 1.82) is 0 Å². The van der Waals surface area contributed by atoms with E-state index in [-0.39, 0.29) is 23.0 Å². The number of hydrogen-bond donors (Lipinski definition) is 1. The highest BCUT2D eigenvalue weighted by molar-refractivity contribution is 5.85. The summed E-state index contributed by atoms with van der Waals surface area (Å²) >= 11 is 0. The number of aromatic nitrogens is 1. The summed E-state index contributed by atoms with van der Waals surface area (Å²) in [5.74, 6) is 0.546. The van der Waals surface area contributed by atoms with E-state index in [9.17, 15) is 10.1 Å². The fraction of sp³-hybridized carbons (Fsp3) is 0.353. The molecule has 2 aliphatic heterocycles. The molecule has 2 aliphatic rings. The molecular weight excluding hydrogens is 314 g/mol. The molecule has 4 rings (SSSR count). The van der Waals surface area contributed by atoms with Crippen molar-refractivity contribution in [3.8, 4) is 11.1 Å². The summed E-state index contributed by atoms with van der Waals surface area (Å²) < 4.78 is 0. The SMILES string of the molecule is Cl.O=[N+]([O-])c1ccc(-c2cncc(C3CC4CCC3N4)c2)cc1. The van der Waals surface area contributed by atoms with E-state index < -0.39 is 0 Å². The summed E-state index contributed by atoms with van der Waals surface area (Å²) in [6, 6.07) is 10.1. The molecule has 5 nitrogen and oxygen atoms in total. The van der Waals surface area contributed by atoms with E-state index in [2.05, 4.69) is 16.4 Å². The molecule has 120 valence electrons. The van der Waals surface area contributed by atoms with E-state index in [1.54, 1.807) is 24.3 Å². The summed E-state index contributed by atoms with van der Waals surface area (Å²) in [7, 11) is 0. The average molecular weight is 332 g/mol. The number of nitrogens with one attached hydrogen (secondary N) is 1. The summed E-state index contributed by atoms with van der Waals surface area (Å²) in [5.41, 5.74) is 3.38.